The normalized spacial score (nSPS) is 16.9. The van der Waals surface area contributed by atoms with Crippen molar-refractivity contribution in [1.29, 1.82) is 0 Å². The number of carboxylic acid groups (broad SMARTS) is 1. The molecule has 1 amide bonds. The number of aromatic carboxylic acids is 1. The molecule has 1 unspecified atom stereocenters. The molecule has 9 heteroatoms. The number of aryl methyl sites for hydroxylation is 1. The van der Waals surface area contributed by atoms with E-state index in [1.54, 1.807) is 11.3 Å². The maximum absolute atomic E-state index is 12.6. The molecule has 2 aromatic rings. The molecule has 1 aliphatic heterocycles. The number of carbonyl (C=O) groups excluding carboxylic acids is 1. The highest BCUT2D eigenvalue weighted by atomic mass is 32.2. The van der Waals surface area contributed by atoms with E-state index in [0.717, 1.165) is 30.1 Å². The van der Waals surface area contributed by atoms with Crippen LogP contribution < -0.4 is 5.32 Å². The molecule has 0 aliphatic carbocycles. The zero-order valence-electron chi connectivity index (χ0n) is 13.2. The van der Waals surface area contributed by atoms with Crippen LogP contribution in [-0.2, 0) is 21.1 Å². The fourth-order valence-electron chi connectivity index (χ4n) is 2.58. The first-order chi connectivity index (χ1) is 11.8. The van der Waals surface area contributed by atoms with Crippen molar-refractivity contribution in [2.24, 2.45) is 0 Å². The van der Waals surface area contributed by atoms with Gasteiger partial charge in [-0.25, -0.2) is 13.2 Å². The minimum Gasteiger partial charge on any atom is -0.478 e. The Hall–Kier alpha value is -1.84. The summed E-state index contributed by atoms with van der Waals surface area (Å²) in [5, 5.41) is 13.4. The minimum atomic E-state index is -3.60. The van der Waals surface area contributed by atoms with Gasteiger partial charge in [0.1, 0.15) is 5.25 Å². The topological polar surface area (TPSA) is 101 Å². The summed E-state index contributed by atoms with van der Waals surface area (Å²) >= 11 is 3.13. The first kappa shape index (κ1) is 18.0. The van der Waals surface area contributed by atoms with Gasteiger partial charge in [-0.15, -0.1) is 23.1 Å². The molecule has 0 radical (unpaired) electrons. The van der Waals surface area contributed by atoms with E-state index in [9.17, 15) is 23.1 Å². The van der Waals surface area contributed by atoms with E-state index in [4.69, 9.17) is 0 Å². The van der Waals surface area contributed by atoms with E-state index in [0.29, 0.717) is 0 Å². The quantitative estimate of drug-likeness (QED) is 0.823. The Kier molecular flexibility index (Phi) is 4.90. The lowest BCUT2D eigenvalue weighted by Crippen LogP contribution is -2.22. The summed E-state index contributed by atoms with van der Waals surface area (Å²) in [5.74, 6) is -0.713. The average Bonchev–Trinajstić information content (AvgIpc) is 3.02. The molecule has 1 aromatic heterocycles. The monoisotopic (exact) mass is 397 g/mol. The number of fused-ring (bicyclic) bond motifs is 1. The highest BCUT2D eigenvalue weighted by Crippen LogP contribution is 2.40. The fraction of sp³-hybridized carbons (Fsp3) is 0.250. The van der Waals surface area contributed by atoms with Gasteiger partial charge in [-0.2, -0.15) is 0 Å². The van der Waals surface area contributed by atoms with Gasteiger partial charge in [0.25, 0.3) is 0 Å². The van der Waals surface area contributed by atoms with Crippen LogP contribution in [0.4, 0.5) is 5.69 Å². The number of thioether (sulfide) groups is 1. The van der Waals surface area contributed by atoms with Crippen molar-refractivity contribution in [3.05, 3.63) is 45.6 Å². The zero-order chi connectivity index (χ0) is 18.2. The van der Waals surface area contributed by atoms with Gasteiger partial charge in [0, 0.05) is 16.8 Å². The molecule has 0 spiro atoms. The average molecular weight is 397 g/mol. The van der Waals surface area contributed by atoms with Crippen molar-refractivity contribution >= 4 is 50.5 Å². The maximum Gasteiger partial charge on any atom is 0.335 e. The second-order valence-corrected chi connectivity index (χ2v) is 9.84. The number of sulfone groups is 1. The largest absolute Gasteiger partial charge is 0.478 e. The van der Waals surface area contributed by atoms with E-state index < -0.39 is 15.8 Å². The smallest absolute Gasteiger partial charge is 0.335 e. The Morgan fingerprint density at radius 2 is 2.04 bits per heavy atom. The van der Waals surface area contributed by atoms with E-state index >= 15 is 0 Å². The number of amides is 1. The Bertz CT molecular complexity index is 948. The number of carbonyl (C=O) groups is 2. The van der Waals surface area contributed by atoms with Crippen molar-refractivity contribution in [1.82, 2.24) is 0 Å². The summed E-state index contributed by atoms with van der Waals surface area (Å²) < 4.78 is 23.5. The van der Waals surface area contributed by atoms with E-state index in [1.165, 1.54) is 28.8 Å². The number of benzene rings is 1. The number of rotatable bonds is 4. The molecule has 0 bridgehead atoms. The van der Waals surface area contributed by atoms with Gasteiger partial charge in [0.2, 0.25) is 5.91 Å². The van der Waals surface area contributed by atoms with Gasteiger partial charge in [-0.1, -0.05) is 0 Å². The molecule has 1 aromatic carbocycles. The minimum absolute atomic E-state index is 0.143. The predicted molar refractivity (Wildman–Crippen MR) is 98.4 cm³/mol. The second kappa shape index (κ2) is 6.81. The SMILES string of the molecule is CS(=O)(=O)c1cc(NC(=O)C2SCCc3sccc32)cc(C(=O)O)c1. The zero-order valence-corrected chi connectivity index (χ0v) is 15.6. The number of nitrogens with one attached hydrogen (secondary N) is 1. The van der Waals surface area contributed by atoms with Crippen LogP contribution in [-0.4, -0.2) is 37.4 Å². The lowest BCUT2D eigenvalue weighted by atomic mass is 10.1. The van der Waals surface area contributed by atoms with E-state index in [-0.39, 0.29) is 27.3 Å². The lowest BCUT2D eigenvalue weighted by Gasteiger charge is -2.21. The highest BCUT2D eigenvalue weighted by Gasteiger charge is 2.28. The van der Waals surface area contributed by atoms with Crippen LogP contribution in [0.25, 0.3) is 0 Å². The summed E-state index contributed by atoms with van der Waals surface area (Å²) in [4.78, 5) is 24.9. The van der Waals surface area contributed by atoms with Gasteiger partial charge in [-0.05, 0) is 47.4 Å². The summed E-state index contributed by atoms with van der Waals surface area (Å²) in [6.07, 6.45) is 1.92. The Morgan fingerprint density at radius 3 is 2.72 bits per heavy atom. The molecule has 2 heterocycles. The van der Waals surface area contributed by atoms with Crippen LogP contribution in [0.2, 0.25) is 0 Å². The van der Waals surface area contributed by atoms with Crippen molar-refractivity contribution in [2.45, 2.75) is 16.6 Å². The van der Waals surface area contributed by atoms with Gasteiger partial charge in [0.15, 0.2) is 9.84 Å². The van der Waals surface area contributed by atoms with Crippen LogP contribution in [0.15, 0.2) is 34.5 Å². The number of hydrogen-bond donors (Lipinski definition) is 2. The van der Waals surface area contributed by atoms with Crippen LogP contribution in [0.3, 0.4) is 0 Å². The fourth-order valence-corrected chi connectivity index (χ4v) is 5.56. The number of anilines is 1. The summed E-state index contributed by atoms with van der Waals surface area (Å²) in [7, 11) is -3.60. The maximum atomic E-state index is 12.6. The third-order valence-electron chi connectivity index (χ3n) is 3.76. The van der Waals surface area contributed by atoms with Crippen LogP contribution in [0, 0.1) is 0 Å². The van der Waals surface area contributed by atoms with Gasteiger partial charge in [-0.3, -0.25) is 4.79 Å². The Balaban J connectivity index is 1.92. The third kappa shape index (κ3) is 3.88. The summed E-state index contributed by atoms with van der Waals surface area (Å²) in [6.45, 7) is 0. The summed E-state index contributed by atoms with van der Waals surface area (Å²) in [5.41, 5.74) is 0.940. The first-order valence-electron chi connectivity index (χ1n) is 7.33. The lowest BCUT2D eigenvalue weighted by molar-refractivity contribution is -0.115. The molecule has 25 heavy (non-hydrogen) atoms. The van der Waals surface area contributed by atoms with Gasteiger partial charge < -0.3 is 10.4 Å². The molecule has 1 atom stereocenters. The third-order valence-corrected chi connectivity index (χ3v) is 7.09. The highest BCUT2D eigenvalue weighted by molar-refractivity contribution is 8.00. The second-order valence-electron chi connectivity index (χ2n) is 5.61. The van der Waals surface area contributed by atoms with Gasteiger partial charge in [0.05, 0.1) is 10.5 Å². The van der Waals surface area contributed by atoms with E-state index in [2.05, 4.69) is 5.32 Å². The van der Waals surface area contributed by atoms with Gasteiger partial charge >= 0.3 is 5.97 Å². The van der Waals surface area contributed by atoms with E-state index in [1.807, 2.05) is 11.4 Å². The van der Waals surface area contributed by atoms with Crippen LogP contribution >= 0.6 is 23.1 Å². The molecule has 3 rings (SSSR count). The van der Waals surface area contributed by atoms with Crippen LogP contribution in [0.1, 0.15) is 26.0 Å². The molecule has 0 saturated carbocycles. The molecular weight excluding hydrogens is 382 g/mol. The van der Waals surface area contributed by atoms with Crippen molar-refractivity contribution in [3.63, 3.8) is 0 Å². The molecule has 132 valence electrons. The number of hydrogen-bond acceptors (Lipinski definition) is 6. The molecule has 1 aliphatic rings. The first-order valence-corrected chi connectivity index (χ1v) is 11.1. The molecule has 6 nitrogen and oxygen atoms in total. The molecular formula is C16H15NO5S3. The molecule has 0 fully saturated rings. The van der Waals surface area contributed by atoms with Crippen LogP contribution in [0.5, 0.6) is 0 Å². The number of thiophene rings is 1. The molecule has 2 N–H and O–H groups in total. The van der Waals surface area contributed by atoms with Crippen molar-refractivity contribution in [2.75, 3.05) is 17.3 Å². The van der Waals surface area contributed by atoms with Crippen molar-refractivity contribution in [3.8, 4) is 0 Å². The predicted octanol–water partition coefficient (Wildman–Crippen LogP) is 2.82. The Morgan fingerprint density at radius 1 is 1.28 bits per heavy atom. The Labute approximate surface area is 153 Å². The van der Waals surface area contributed by atoms with Crippen molar-refractivity contribution < 1.29 is 23.1 Å². The molecule has 0 saturated heterocycles. The number of carboxylic acids is 1. The summed E-state index contributed by atoms with van der Waals surface area (Å²) in [6, 6.07) is 5.55. The standard InChI is InChI=1S/C16H15NO5S3/c1-25(21,22)11-7-9(16(19)20)6-10(8-11)17-15(18)14-12-2-4-23-13(12)3-5-24-14/h2,4,6-8,14H,3,5H2,1H3,(H,17,18)(H,19,20).